The van der Waals surface area contributed by atoms with Gasteiger partial charge in [-0.1, -0.05) is 11.6 Å². The molecule has 0 aromatic carbocycles. The van der Waals surface area contributed by atoms with Crippen molar-refractivity contribution >= 4 is 39.9 Å². The Kier molecular flexibility index (Phi) is 4.16. The molecule has 7 nitrogen and oxygen atoms in total. The Bertz CT molecular complexity index is 1130. The van der Waals surface area contributed by atoms with Gasteiger partial charge < -0.3 is 4.90 Å². The number of hydrogen-bond donors (Lipinski definition) is 1. The number of amides is 1. The number of H-pyrrole nitrogens is 1. The van der Waals surface area contributed by atoms with Gasteiger partial charge in [0, 0.05) is 24.2 Å². The van der Waals surface area contributed by atoms with E-state index in [0.717, 1.165) is 17.7 Å². The molecule has 0 spiro atoms. The van der Waals surface area contributed by atoms with Gasteiger partial charge in [0.1, 0.15) is 5.65 Å². The third-order valence-corrected chi connectivity index (χ3v) is 5.52. The van der Waals surface area contributed by atoms with E-state index in [1.54, 1.807) is 13.1 Å². The standard InChI is InChI=1S/C17H15ClN4O3S/c1-21(8-11-4-5-13(18)26-11)16(24)9-6-12-14(19-7-9)22(10-2-3-10)17(25)20-15(12)23/h4-7,10H,2-3,8H2,1H3,(H,20,23,25). The van der Waals surface area contributed by atoms with Crippen LogP contribution < -0.4 is 11.2 Å². The molecule has 1 aliphatic rings. The minimum Gasteiger partial charge on any atom is -0.337 e. The van der Waals surface area contributed by atoms with Gasteiger partial charge >= 0.3 is 5.69 Å². The lowest BCUT2D eigenvalue weighted by atomic mass is 10.2. The summed E-state index contributed by atoms with van der Waals surface area (Å²) in [5.74, 6) is -0.257. The molecule has 0 unspecified atom stereocenters. The van der Waals surface area contributed by atoms with E-state index >= 15 is 0 Å². The van der Waals surface area contributed by atoms with E-state index in [4.69, 9.17) is 11.6 Å². The zero-order chi connectivity index (χ0) is 18.4. The molecule has 134 valence electrons. The first kappa shape index (κ1) is 17.0. The highest BCUT2D eigenvalue weighted by atomic mass is 35.5. The first-order valence-electron chi connectivity index (χ1n) is 8.08. The van der Waals surface area contributed by atoms with Gasteiger partial charge in [0.05, 0.1) is 21.8 Å². The largest absolute Gasteiger partial charge is 0.337 e. The third kappa shape index (κ3) is 3.06. The van der Waals surface area contributed by atoms with E-state index in [-0.39, 0.29) is 17.3 Å². The summed E-state index contributed by atoms with van der Waals surface area (Å²) in [4.78, 5) is 46.0. The van der Waals surface area contributed by atoms with Gasteiger partial charge in [-0.2, -0.15) is 0 Å². The normalized spacial score (nSPS) is 13.9. The zero-order valence-electron chi connectivity index (χ0n) is 13.9. The van der Waals surface area contributed by atoms with Crippen LogP contribution in [0.2, 0.25) is 4.34 Å². The van der Waals surface area contributed by atoms with E-state index in [1.165, 1.54) is 33.1 Å². The Hall–Kier alpha value is -2.45. The maximum Gasteiger partial charge on any atom is 0.330 e. The molecule has 26 heavy (non-hydrogen) atoms. The number of nitrogens with one attached hydrogen (secondary N) is 1. The molecule has 0 saturated heterocycles. The number of aromatic amines is 1. The van der Waals surface area contributed by atoms with Gasteiger partial charge in [-0.15, -0.1) is 11.3 Å². The summed E-state index contributed by atoms with van der Waals surface area (Å²) in [5, 5.41) is 0.245. The summed E-state index contributed by atoms with van der Waals surface area (Å²) in [6, 6.07) is 5.23. The molecule has 0 bridgehead atoms. The minimum atomic E-state index is -0.531. The lowest BCUT2D eigenvalue weighted by Crippen LogP contribution is -2.31. The fraction of sp³-hybridized carbons (Fsp3) is 0.294. The van der Waals surface area contributed by atoms with Crippen molar-refractivity contribution in [3.05, 3.63) is 60.0 Å². The van der Waals surface area contributed by atoms with Crippen LogP contribution in [0.3, 0.4) is 0 Å². The number of fused-ring (bicyclic) bond motifs is 1. The summed E-state index contributed by atoms with van der Waals surface area (Å²) in [6.07, 6.45) is 3.19. The zero-order valence-corrected chi connectivity index (χ0v) is 15.4. The van der Waals surface area contributed by atoms with Crippen LogP contribution in [0.15, 0.2) is 34.0 Å². The van der Waals surface area contributed by atoms with Crippen LogP contribution in [-0.2, 0) is 6.54 Å². The second-order valence-electron chi connectivity index (χ2n) is 6.32. The van der Waals surface area contributed by atoms with Crippen LogP contribution in [0.1, 0.15) is 34.1 Å². The number of aromatic nitrogens is 3. The topological polar surface area (TPSA) is 88.1 Å². The first-order valence-corrected chi connectivity index (χ1v) is 9.28. The molecule has 1 aliphatic carbocycles. The van der Waals surface area contributed by atoms with Crippen molar-refractivity contribution in [3.63, 3.8) is 0 Å². The number of hydrogen-bond acceptors (Lipinski definition) is 5. The van der Waals surface area contributed by atoms with Crippen molar-refractivity contribution in [2.75, 3.05) is 7.05 Å². The SMILES string of the molecule is CN(Cc1ccc(Cl)s1)C(=O)c1cnc2c(c1)c(=O)[nH]c(=O)n2C1CC1. The molecule has 1 N–H and O–H groups in total. The van der Waals surface area contributed by atoms with Crippen molar-refractivity contribution in [2.24, 2.45) is 0 Å². The Morgan fingerprint density at radius 1 is 1.42 bits per heavy atom. The van der Waals surface area contributed by atoms with Crippen LogP contribution >= 0.6 is 22.9 Å². The molecular formula is C17H15ClN4O3S. The predicted octanol–water partition coefficient (Wildman–Crippen LogP) is 2.41. The number of carbonyl (C=O) groups is 1. The number of thiophene rings is 1. The monoisotopic (exact) mass is 390 g/mol. The quantitative estimate of drug-likeness (QED) is 0.740. The lowest BCUT2D eigenvalue weighted by Gasteiger charge is -2.16. The van der Waals surface area contributed by atoms with Gasteiger partial charge in [0.25, 0.3) is 11.5 Å². The van der Waals surface area contributed by atoms with E-state index in [1.807, 2.05) is 6.07 Å². The Labute approximate surface area is 156 Å². The molecule has 1 amide bonds. The third-order valence-electron chi connectivity index (χ3n) is 4.31. The average Bonchev–Trinajstić information content (AvgIpc) is 3.36. The van der Waals surface area contributed by atoms with E-state index in [0.29, 0.717) is 22.1 Å². The van der Waals surface area contributed by atoms with Crippen molar-refractivity contribution in [1.82, 2.24) is 19.4 Å². The molecule has 0 radical (unpaired) electrons. The lowest BCUT2D eigenvalue weighted by molar-refractivity contribution is 0.0786. The summed E-state index contributed by atoms with van der Waals surface area (Å²) in [5.41, 5.74) is -0.361. The van der Waals surface area contributed by atoms with Crippen LogP contribution in [0, 0.1) is 0 Å². The molecule has 0 atom stereocenters. The summed E-state index contributed by atoms with van der Waals surface area (Å²) < 4.78 is 2.17. The van der Waals surface area contributed by atoms with Gasteiger partial charge in [0.2, 0.25) is 0 Å². The molecular weight excluding hydrogens is 376 g/mol. The van der Waals surface area contributed by atoms with Gasteiger partial charge in [-0.25, -0.2) is 9.78 Å². The smallest absolute Gasteiger partial charge is 0.330 e. The Balaban J connectivity index is 1.69. The second-order valence-corrected chi connectivity index (χ2v) is 8.12. The van der Waals surface area contributed by atoms with Gasteiger partial charge in [-0.05, 0) is 31.0 Å². The van der Waals surface area contributed by atoms with Gasteiger partial charge in [-0.3, -0.25) is 19.1 Å². The fourth-order valence-electron chi connectivity index (χ4n) is 2.89. The molecule has 3 heterocycles. The van der Waals surface area contributed by atoms with Gasteiger partial charge in [0.15, 0.2) is 0 Å². The average molecular weight is 391 g/mol. The first-order chi connectivity index (χ1) is 12.4. The number of halogens is 1. The molecule has 9 heteroatoms. The number of pyridine rings is 1. The highest BCUT2D eigenvalue weighted by Crippen LogP contribution is 2.34. The van der Waals surface area contributed by atoms with Crippen LogP contribution in [0.5, 0.6) is 0 Å². The molecule has 3 aromatic rings. The van der Waals surface area contributed by atoms with Crippen LogP contribution in [-0.4, -0.2) is 32.4 Å². The Morgan fingerprint density at radius 2 is 2.19 bits per heavy atom. The highest BCUT2D eigenvalue weighted by molar-refractivity contribution is 7.16. The van der Waals surface area contributed by atoms with Crippen molar-refractivity contribution in [3.8, 4) is 0 Å². The minimum absolute atomic E-state index is 0.0714. The van der Waals surface area contributed by atoms with Crippen molar-refractivity contribution in [2.45, 2.75) is 25.4 Å². The summed E-state index contributed by atoms with van der Waals surface area (Å²) in [7, 11) is 1.68. The molecule has 3 aromatic heterocycles. The summed E-state index contributed by atoms with van der Waals surface area (Å²) >= 11 is 7.33. The van der Waals surface area contributed by atoms with Crippen LogP contribution in [0.4, 0.5) is 0 Å². The predicted molar refractivity (Wildman–Crippen MR) is 100 cm³/mol. The van der Waals surface area contributed by atoms with E-state index in [2.05, 4.69) is 9.97 Å². The molecule has 0 aliphatic heterocycles. The van der Waals surface area contributed by atoms with Crippen LogP contribution in [0.25, 0.3) is 11.0 Å². The number of nitrogens with zero attached hydrogens (tertiary/aromatic N) is 3. The van der Waals surface area contributed by atoms with E-state index < -0.39 is 11.2 Å². The van der Waals surface area contributed by atoms with E-state index in [9.17, 15) is 14.4 Å². The number of rotatable bonds is 4. The molecule has 1 saturated carbocycles. The summed E-state index contributed by atoms with van der Waals surface area (Å²) in [6.45, 7) is 0.409. The fourth-order valence-corrected chi connectivity index (χ4v) is 4.03. The highest BCUT2D eigenvalue weighted by Gasteiger charge is 2.28. The maximum atomic E-state index is 12.7. The number of carbonyl (C=O) groups excluding carboxylic acids is 1. The maximum absolute atomic E-state index is 12.7. The van der Waals surface area contributed by atoms with Crippen molar-refractivity contribution in [1.29, 1.82) is 0 Å². The molecule has 1 fully saturated rings. The molecule has 4 rings (SSSR count). The second kappa shape index (κ2) is 6.37. The van der Waals surface area contributed by atoms with Crippen molar-refractivity contribution < 1.29 is 4.79 Å². The Morgan fingerprint density at radius 3 is 2.85 bits per heavy atom.